The van der Waals surface area contributed by atoms with Crippen molar-refractivity contribution in [2.24, 2.45) is 16.6 Å². The van der Waals surface area contributed by atoms with Crippen LogP contribution in [0.15, 0.2) is 4.99 Å². The van der Waals surface area contributed by atoms with Gasteiger partial charge in [-0.1, -0.05) is 52.4 Å². The fourth-order valence-corrected chi connectivity index (χ4v) is 2.76. The zero-order valence-corrected chi connectivity index (χ0v) is 11.8. The topological polar surface area (TPSA) is 38.4 Å². The lowest BCUT2D eigenvalue weighted by molar-refractivity contribution is 0.432. The molecule has 0 heterocycles. The first-order valence-electron chi connectivity index (χ1n) is 7.61. The lowest BCUT2D eigenvalue weighted by Crippen LogP contribution is -2.27. The Kier molecular flexibility index (Phi) is 7.30. The zero-order chi connectivity index (χ0) is 12.5. The first-order chi connectivity index (χ1) is 8.27. The van der Waals surface area contributed by atoms with E-state index in [1.54, 1.807) is 0 Å². The lowest BCUT2D eigenvalue weighted by atomic mass is 9.88. The van der Waals surface area contributed by atoms with Crippen molar-refractivity contribution in [1.29, 1.82) is 0 Å². The Morgan fingerprint density at radius 2 is 1.82 bits per heavy atom. The Bertz CT molecular complexity index is 217. The van der Waals surface area contributed by atoms with E-state index in [0.717, 1.165) is 5.84 Å². The maximum atomic E-state index is 6.20. The lowest BCUT2D eigenvalue weighted by Gasteiger charge is -2.22. The van der Waals surface area contributed by atoms with Crippen LogP contribution in [0.2, 0.25) is 0 Å². The average molecular weight is 238 g/mol. The van der Waals surface area contributed by atoms with Gasteiger partial charge >= 0.3 is 0 Å². The summed E-state index contributed by atoms with van der Waals surface area (Å²) in [5.74, 6) is 1.55. The summed E-state index contributed by atoms with van der Waals surface area (Å²) in [4.78, 5) is 4.82. The summed E-state index contributed by atoms with van der Waals surface area (Å²) >= 11 is 0. The SMILES string of the molecule is CCCCC(CCC)N=C(N)C1CCCCC1. The van der Waals surface area contributed by atoms with Crippen LogP contribution in [-0.2, 0) is 0 Å². The van der Waals surface area contributed by atoms with Gasteiger partial charge in [-0.3, -0.25) is 4.99 Å². The van der Waals surface area contributed by atoms with Crippen molar-refractivity contribution >= 4 is 5.84 Å². The van der Waals surface area contributed by atoms with Crippen LogP contribution in [0.4, 0.5) is 0 Å². The second-order valence-corrected chi connectivity index (χ2v) is 5.47. The summed E-state index contributed by atoms with van der Waals surface area (Å²) in [6, 6.07) is 0.488. The van der Waals surface area contributed by atoms with Crippen LogP contribution in [-0.4, -0.2) is 11.9 Å². The zero-order valence-electron chi connectivity index (χ0n) is 11.8. The van der Waals surface area contributed by atoms with E-state index in [2.05, 4.69) is 13.8 Å². The van der Waals surface area contributed by atoms with E-state index in [9.17, 15) is 0 Å². The van der Waals surface area contributed by atoms with Crippen LogP contribution in [0.1, 0.15) is 78.1 Å². The molecule has 1 saturated carbocycles. The van der Waals surface area contributed by atoms with Gasteiger partial charge in [0, 0.05) is 5.92 Å². The molecule has 1 atom stereocenters. The second kappa shape index (κ2) is 8.54. The Morgan fingerprint density at radius 3 is 2.41 bits per heavy atom. The Balaban J connectivity index is 2.47. The van der Waals surface area contributed by atoms with Crippen LogP contribution in [0.5, 0.6) is 0 Å². The van der Waals surface area contributed by atoms with Gasteiger partial charge in [0.2, 0.25) is 0 Å². The summed E-state index contributed by atoms with van der Waals surface area (Å²) in [6.07, 6.45) is 12.8. The molecule has 1 fully saturated rings. The summed E-state index contributed by atoms with van der Waals surface area (Å²) in [6.45, 7) is 4.49. The molecule has 0 spiro atoms. The Labute approximate surface area is 107 Å². The van der Waals surface area contributed by atoms with Gasteiger partial charge in [0.05, 0.1) is 11.9 Å². The monoisotopic (exact) mass is 238 g/mol. The molecular weight excluding hydrogens is 208 g/mol. The molecule has 17 heavy (non-hydrogen) atoms. The normalized spacial score (nSPS) is 20.5. The minimum absolute atomic E-state index is 0.488. The van der Waals surface area contributed by atoms with Crippen LogP contribution >= 0.6 is 0 Å². The minimum atomic E-state index is 0.488. The molecule has 1 rings (SSSR count). The summed E-state index contributed by atoms with van der Waals surface area (Å²) < 4.78 is 0. The largest absolute Gasteiger partial charge is 0.387 e. The molecule has 1 aliphatic rings. The summed E-state index contributed by atoms with van der Waals surface area (Å²) in [7, 11) is 0. The molecule has 0 aromatic carbocycles. The minimum Gasteiger partial charge on any atom is -0.387 e. The number of amidine groups is 1. The molecule has 1 unspecified atom stereocenters. The molecule has 0 radical (unpaired) electrons. The molecule has 0 bridgehead atoms. The third kappa shape index (κ3) is 5.56. The third-order valence-corrected chi connectivity index (χ3v) is 3.87. The standard InChI is InChI=1S/C15H30N2/c1-3-5-12-14(9-4-2)17-15(16)13-10-7-6-8-11-13/h13-14H,3-12H2,1-2H3,(H2,16,17). The number of hydrogen-bond donors (Lipinski definition) is 1. The van der Waals surface area contributed by atoms with Gasteiger partial charge < -0.3 is 5.73 Å². The first-order valence-corrected chi connectivity index (χ1v) is 7.61. The third-order valence-electron chi connectivity index (χ3n) is 3.87. The highest BCUT2D eigenvalue weighted by Gasteiger charge is 2.18. The molecule has 0 saturated heterocycles. The van der Waals surface area contributed by atoms with Crippen molar-refractivity contribution in [3.8, 4) is 0 Å². The molecule has 0 aromatic rings. The van der Waals surface area contributed by atoms with Crippen LogP contribution in [0.25, 0.3) is 0 Å². The van der Waals surface area contributed by atoms with Crippen molar-refractivity contribution in [2.75, 3.05) is 0 Å². The predicted octanol–water partition coefficient (Wildman–Crippen LogP) is 4.28. The quantitative estimate of drug-likeness (QED) is 0.521. The van der Waals surface area contributed by atoms with Gasteiger partial charge in [0.15, 0.2) is 0 Å². The molecule has 0 aliphatic heterocycles. The average Bonchev–Trinajstić information content (AvgIpc) is 2.37. The molecule has 0 aromatic heterocycles. The molecule has 0 amide bonds. The van der Waals surface area contributed by atoms with E-state index in [4.69, 9.17) is 10.7 Å². The van der Waals surface area contributed by atoms with Gasteiger partial charge in [0.25, 0.3) is 0 Å². The van der Waals surface area contributed by atoms with Crippen LogP contribution in [0.3, 0.4) is 0 Å². The van der Waals surface area contributed by atoms with Crippen molar-refractivity contribution in [2.45, 2.75) is 84.1 Å². The summed E-state index contributed by atoms with van der Waals surface area (Å²) in [5, 5.41) is 0. The highest BCUT2D eigenvalue weighted by atomic mass is 14.9. The van der Waals surface area contributed by atoms with Crippen molar-refractivity contribution in [3.63, 3.8) is 0 Å². The smallest absolute Gasteiger partial charge is 0.0971 e. The van der Waals surface area contributed by atoms with Crippen molar-refractivity contribution < 1.29 is 0 Å². The Morgan fingerprint density at radius 1 is 1.12 bits per heavy atom. The number of aliphatic imine (C=N–C) groups is 1. The maximum Gasteiger partial charge on any atom is 0.0971 e. The molecule has 2 nitrogen and oxygen atoms in total. The van der Waals surface area contributed by atoms with Gasteiger partial charge in [-0.25, -0.2) is 0 Å². The Hall–Kier alpha value is -0.530. The fourth-order valence-electron chi connectivity index (χ4n) is 2.76. The predicted molar refractivity (Wildman–Crippen MR) is 76.4 cm³/mol. The molecular formula is C15H30N2. The number of hydrogen-bond acceptors (Lipinski definition) is 1. The van der Waals surface area contributed by atoms with Crippen LogP contribution < -0.4 is 5.73 Å². The number of unbranched alkanes of at least 4 members (excludes halogenated alkanes) is 1. The van der Waals surface area contributed by atoms with E-state index in [0.29, 0.717) is 12.0 Å². The molecule has 1 aliphatic carbocycles. The van der Waals surface area contributed by atoms with Gasteiger partial charge in [0.1, 0.15) is 0 Å². The van der Waals surface area contributed by atoms with E-state index in [1.165, 1.54) is 64.2 Å². The van der Waals surface area contributed by atoms with Gasteiger partial charge in [-0.15, -0.1) is 0 Å². The number of nitrogens with zero attached hydrogens (tertiary/aromatic N) is 1. The van der Waals surface area contributed by atoms with E-state index >= 15 is 0 Å². The maximum absolute atomic E-state index is 6.20. The highest BCUT2D eigenvalue weighted by molar-refractivity contribution is 5.83. The van der Waals surface area contributed by atoms with Gasteiger partial charge in [-0.2, -0.15) is 0 Å². The number of nitrogens with two attached hydrogens (primary N) is 1. The van der Waals surface area contributed by atoms with E-state index < -0.39 is 0 Å². The molecule has 2 heteroatoms. The molecule has 100 valence electrons. The van der Waals surface area contributed by atoms with Crippen LogP contribution in [0, 0.1) is 5.92 Å². The van der Waals surface area contributed by atoms with Gasteiger partial charge in [-0.05, 0) is 25.7 Å². The summed E-state index contributed by atoms with van der Waals surface area (Å²) in [5.41, 5.74) is 6.20. The highest BCUT2D eigenvalue weighted by Crippen LogP contribution is 2.24. The van der Waals surface area contributed by atoms with Crippen molar-refractivity contribution in [1.82, 2.24) is 0 Å². The first kappa shape index (κ1) is 14.5. The second-order valence-electron chi connectivity index (χ2n) is 5.47. The fraction of sp³-hybridized carbons (Fsp3) is 0.933. The van der Waals surface area contributed by atoms with E-state index in [1.807, 2.05) is 0 Å². The van der Waals surface area contributed by atoms with E-state index in [-0.39, 0.29) is 0 Å². The van der Waals surface area contributed by atoms with Crippen molar-refractivity contribution in [3.05, 3.63) is 0 Å². The number of rotatable bonds is 7. The molecule has 2 N–H and O–H groups in total.